The van der Waals surface area contributed by atoms with Gasteiger partial charge in [0.2, 0.25) is 5.91 Å². The third kappa shape index (κ3) is 7.47. The van der Waals surface area contributed by atoms with Gasteiger partial charge >= 0.3 is 0 Å². The SMILES string of the molecule is CC(=O)NC(C)c1ccc(O)cc1.c1cc(N2CCCC2)ccc1OCC1CCOC1. The van der Waals surface area contributed by atoms with E-state index in [9.17, 15) is 4.79 Å². The molecule has 6 heteroatoms. The molecule has 2 aliphatic rings. The number of aromatic hydroxyl groups is 1. The van der Waals surface area contributed by atoms with Gasteiger partial charge < -0.3 is 24.8 Å². The Morgan fingerprint density at radius 3 is 2.42 bits per heavy atom. The molecule has 0 spiro atoms. The third-order valence-electron chi connectivity index (χ3n) is 5.63. The Labute approximate surface area is 185 Å². The first kappa shape index (κ1) is 22.9. The fourth-order valence-electron chi connectivity index (χ4n) is 3.81. The van der Waals surface area contributed by atoms with Crippen LogP contribution in [0.25, 0.3) is 0 Å². The van der Waals surface area contributed by atoms with Crippen LogP contribution in [0.5, 0.6) is 11.5 Å². The van der Waals surface area contributed by atoms with E-state index in [0.29, 0.717) is 5.92 Å². The smallest absolute Gasteiger partial charge is 0.217 e. The Balaban J connectivity index is 0.000000187. The van der Waals surface area contributed by atoms with Gasteiger partial charge in [0.05, 0.1) is 19.3 Å². The molecular formula is C25H34N2O4. The van der Waals surface area contributed by atoms with E-state index in [0.717, 1.165) is 37.6 Å². The summed E-state index contributed by atoms with van der Waals surface area (Å²) in [6.45, 7) is 8.29. The predicted octanol–water partition coefficient (Wildman–Crippen LogP) is 4.29. The number of hydrogen-bond donors (Lipinski definition) is 2. The van der Waals surface area contributed by atoms with E-state index in [1.54, 1.807) is 24.3 Å². The second kappa shape index (κ2) is 11.6. The summed E-state index contributed by atoms with van der Waals surface area (Å²) < 4.78 is 11.2. The summed E-state index contributed by atoms with van der Waals surface area (Å²) in [7, 11) is 0. The van der Waals surface area contributed by atoms with Gasteiger partial charge in [0.25, 0.3) is 0 Å². The Morgan fingerprint density at radius 2 is 1.84 bits per heavy atom. The lowest BCUT2D eigenvalue weighted by Gasteiger charge is -2.18. The zero-order valence-electron chi connectivity index (χ0n) is 18.5. The number of phenols is 1. The maximum atomic E-state index is 10.7. The summed E-state index contributed by atoms with van der Waals surface area (Å²) in [5.41, 5.74) is 2.30. The van der Waals surface area contributed by atoms with E-state index in [2.05, 4.69) is 34.5 Å². The average molecular weight is 427 g/mol. The Kier molecular flexibility index (Phi) is 8.59. The Morgan fingerprint density at radius 1 is 1.16 bits per heavy atom. The number of ether oxygens (including phenoxy) is 2. The topological polar surface area (TPSA) is 71.0 Å². The molecule has 0 saturated carbocycles. The lowest BCUT2D eigenvalue weighted by Crippen LogP contribution is -2.23. The quantitative estimate of drug-likeness (QED) is 0.721. The summed E-state index contributed by atoms with van der Waals surface area (Å²) >= 11 is 0. The first-order valence-corrected chi connectivity index (χ1v) is 11.1. The lowest BCUT2D eigenvalue weighted by molar-refractivity contribution is -0.119. The number of nitrogens with one attached hydrogen (secondary N) is 1. The minimum absolute atomic E-state index is 0.0156. The van der Waals surface area contributed by atoms with Gasteiger partial charge in [-0.15, -0.1) is 0 Å². The normalized spacial score (nSPS) is 18.8. The molecule has 168 valence electrons. The number of phenolic OH excluding ortho intramolecular Hbond substituents is 1. The van der Waals surface area contributed by atoms with Crippen LogP contribution in [0.15, 0.2) is 48.5 Å². The molecule has 31 heavy (non-hydrogen) atoms. The van der Waals surface area contributed by atoms with Crippen molar-refractivity contribution in [3.05, 3.63) is 54.1 Å². The van der Waals surface area contributed by atoms with Gasteiger partial charge in [-0.25, -0.2) is 0 Å². The molecule has 2 fully saturated rings. The molecule has 2 aliphatic heterocycles. The van der Waals surface area contributed by atoms with E-state index in [1.807, 2.05) is 6.92 Å². The number of carbonyl (C=O) groups excluding carboxylic acids is 1. The van der Waals surface area contributed by atoms with Gasteiger partial charge in [0.1, 0.15) is 11.5 Å². The van der Waals surface area contributed by atoms with Crippen molar-refractivity contribution in [3.63, 3.8) is 0 Å². The van der Waals surface area contributed by atoms with Gasteiger partial charge in [-0.3, -0.25) is 4.79 Å². The highest BCUT2D eigenvalue weighted by Gasteiger charge is 2.16. The molecule has 2 aromatic carbocycles. The molecule has 6 nitrogen and oxygen atoms in total. The molecule has 2 unspecified atom stereocenters. The van der Waals surface area contributed by atoms with Crippen LogP contribution in [-0.4, -0.2) is 43.9 Å². The molecular weight excluding hydrogens is 392 g/mol. The zero-order valence-corrected chi connectivity index (χ0v) is 18.5. The zero-order chi connectivity index (χ0) is 22.1. The molecule has 2 atom stereocenters. The van der Waals surface area contributed by atoms with Crippen LogP contribution in [0.2, 0.25) is 0 Å². The van der Waals surface area contributed by atoms with Crippen LogP contribution in [0, 0.1) is 5.92 Å². The number of amides is 1. The van der Waals surface area contributed by atoms with Crippen LogP contribution in [0.4, 0.5) is 5.69 Å². The Hall–Kier alpha value is -2.73. The van der Waals surface area contributed by atoms with E-state index in [4.69, 9.17) is 14.6 Å². The van der Waals surface area contributed by atoms with Crippen molar-refractivity contribution < 1.29 is 19.4 Å². The maximum Gasteiger partial charge on any atom is 0.217 e. The summed E-state index contributed by atoms with van der Waals surface area (Å²) in [5, 5.41) is 11.8. The van der Waals surface area contributed by atoms with E-state index in [-0.39, 0.29) is 17.7 Å². The summed E-state index contributed by atoms with van der Waals surface area (Å²) in [4.78, 5) is 13.2. The number of nitrogens with zero attached hydrogens (tertiary/aromatic N) is 1. The molecule has 2 heterocycles. The van der Waals surface area contributed by atoms with E-state index in [1.165, 1.54) is 38.5 Å². The van der Waals surface area contributed by atoms with Crippen LogP contribution in [-0.2, 0) is 9.53 Å². The summed E-state index contributed by atoms with van der Waals surface area (Å²) in [6.07, 6.45) is 3.77. The van der Waals surface area contributed by atoms with Crippen molar-refractivity contribution in [2.75, 3.05) is 37.8 Å². The van der Waals surface area contributed by atoms with Gasteiger partial charge in [0.15, 0.2) is 0 Å². The molecule has 1 amide bonds. The van der Waals surface area contributed by atoms with Crippen molar-refractivity contribution in [1.82, 2.24) is 5.32 Å². The molecule has 4 rings (SSSR count). The lowest BCUT2D eigenvalue weighted by atomic mass is 10.1. The Bertz CT molecular complexity index is 795. The monoisotopic (exact) mass is 426 g/mol. The fourth-order valence-corrected chi connectivity index (χ4v) is 3.81. The molecule has 2 aromatic rings. The van der Waals surface area contributed by atoms with Crippen LogP contribution >= 0.6 is 0 Å². The third-order valence-corrected chi connectivity index (χ3v) is 5.63. The molecule has 0 aromatic heterocycles. The van der Waals surface area contributed by atoms with Crippen molar-refractivity contribution in [2.24, 2.45) is 5.92 Å². The minimum Gasteiger partial charge on any atom is -0.508 e. The van der Waals surface area contributed by atoms with E-state index < -0.39 is 0 Å². The second-order valence-corrected chi connectivity index (χ2v) is 8.24. The molecule has 0 bridgehead atoms. The number of hydrogen-bond acceptors (Lipinski definition) is 5. The highest BCUT2D eigenvalue weighted by Crippen LogP contribution is 2.24. The highest BCUT2D eigenvalue weighted by atomic mass is 16.5. The van der Waals surface area contributed by atoms with Crippen molar-refractivity contribution in [3.8, 4) is 11.5 Å². The van der Waals surface area contributed by atoms with Crippen molar-refractivity contribution in [1.29, 1.82) is 0 Å². The number of anilines is 1. The van der Waals surface area contributed by atoms with E-state index >= 15 is 0 Å². The maximum absolute atomic E-state index is 10.7. The molecule has 2 saturated heterocycles. The number of rotatable bonds is 6. The highest BCUT2D eigenvalue weighted by molar-refractivity contribution is 5.73. The van der Waals surface area contributed by atoms with Crippen molar-refractivity contribution >= 4 is 11.6 Å². The van der Waals surface area contributed by atoms with Crippen molar-refractivity contribution in [2.45, 2.75) is 39.2 Å². The first-order chi connectivity index (χ1) is 15.0. The van der Waals surface area contributed by atoms with Gasteiger partial charge in [-0.1, -0.05) is 12.1 Å². The predicted molar refractivity (Wildman–Crippen MR) is 123 cm³/mol. The van der Waals surface area contributed by atoms with Gasteiger partial charge in [-0.2, -0.15) is 0 Å². The van der Waals surface area contributed by atoms with Gasteiger partial charge in [-0.05, 0) is 68.1 Å². The summed E-state index contributed by atoms with van der Waals surface area (Å²) in [5.74, 6) is 1.73. The standard InChI is InChI=1S/C15H21NO2.C10H13NO2/c1-2-9-16(8-1)14-3-5-15(6-4-14)18-12-13-7-10-17-11-13;1-7(11-8(2)12)9-3-5-10(13)6-4-9/h3-6,13H,1-2,7-12H2;3-7,13H,1-2H3,(H,11,12). The second-order valence-electron chi connectivity index (χ2n) is 8.24. The number of benzene rings is 2. The fraction of sp³-hybridized carbons (Fsp3) is 0.480. The molecule has 0 aliphatic carbocycles. The largest absolute Gasteiger partial charge is 0.508 e. The summed E-state index contributed by atoms with van der Waals surface area (Å²) in [6, 6.07) is 15.3. The van der Waals surface area contributed by atoms with Gasteiger partial charge in [0, 0.05) is 38.2 Å². The van der Waals surface area contributed by atoms with Crippen LogP contribution in [0.3, 0.4) is 0 Å². The minimum atomic E-state index is -0.0550. The van der Waals surface area contributed by atoms with Crippen LogP contribution in [0.1, 0.15) is 44.7 Å². The number of carbonyl (C=O) groups is 1. The molecule has 0 radical (unpaired) electrons. The average Bonchev–Trinajstić information content (AvgIpc) is 3.47. The molecule has 2 N–H and O–H groups in total. The first-order valence-electron chi connectivity index (χ1n) is 11.1. The van der Waals surface area contributed by atoms with Crippen LogP contribution < -0.4 is 15.0 Å².